The zero-order chi connectivity index (χ0) is 19.2. The molecule has 0 radical (unpaired) electrons. The molecule has 0 heterocycles. The first kappa shape index (κ1) is 20.2. The van der Waals surface area contributed by atoms with Crippen molar-refractivity contribution >= 4 is 12.1 Å². The number of amides is 1. The molecule has 1 aliphatic rings. The molecule has 6 nitrogen and oxygen atoms in total. The number of nitrogens with one attached hydrogen (secondary N) is 1. The maximum Gasteiger partial charge on any atom is 0.407 e. The molecular weight excluding hydrogens is 332 g/mol. The highest BCUT2D eigenvalue weighted by Crippen LogP contribution is 2.27. The van der Waals surface area contributed by atoms with Crippen molar-refractivity contribution in [1.82, 2.24) is 5.32 Å². The molecule has 0 saturated heterocycles. The Kier molecular flexibility index (Phi) is 7.03. The van der Waals surface area contributed by atoms with Gasteiger partial charge < -0.3 is 20.5 Å². The molecule has 144 valence electrons. The molecule has 0 aliphatic heterocycles. The number of alkyl carbamates (subject to hydrolysis) is 1. The number of hydrogen-bond acceptors (Lipinski definition) is 5. The molecule has 0 aromatic heterocycles. The number of nitrogens with two attached hydrogens (primary N) is 1. The molecule has 1 aromatic carbocycles. The van der Waals surface area contributed by atoms with Gasteiger partial charge in [0.2, 0.25) is 0 Å². The SMILES string of the molecule is CC(C)(C)OC(=O)C(N)C1CCC(NC(=O)OCc2ccccc2)CC1. The summed E-state index contributed by atoms with van der Waals surface area (Å²) in [5, 5.41) is 2.90. The molecule has 0 bridgehead atoms. The lowest BCUT2D eigenvalue weighted by Gasteiger charge is -2.32. The van der Waals surface area contributed by atoms with Crippen LogP contribution >= 0.6 is 0 Å². The van der Waals surface area contributed by atoms with Crippen LogP contribution in [0.2, 0.25) is 0 Å². The van der Waals surface area contributed by atoms with Crippen molar-refractivity contribution in [1.29, 1.82) is 0 Å². The Balaban J connectivity index is 1.70. The van der Waals surface area contributed by atoms with Gasteiger partial charge in [-0.1, -0.05) is 30.3 Å². The van der Waals surface area contributed by atoms with Crippen molar-refractivity contribution in [3.05, 3.63) is 35.9 Å². The second-order valence-corrected chi connectivity index (χ2v) is 7.88. The molecule has 26 heavy (non-hydrogen) atoms. The van der Waals surface area contributed by atoms with E-state index in [2.05, 4.69) is 5.32 Å². The molecule has 1 fully saturated rings. The first-order chi connectivity index (χ1) is 12.2. The van der Waals surface area contributed by atoms with Crippen molar-refractivity contribution < 1.29 is 19.1 Å². The summed E-state index contributed by atoms with van der Waals surface area (Å²) in [4.78, 5) is 24.0. The molecule has 6 heteroatoms. The zero-order valence-electron chi connectivity index (χ0n) is 15.9. The van der Waals surface area contributed by atoms with Crippen LogP contribution < -0.4 is 11.1 Å². The Hall–Kier alpha value is -2.08. The molecule has 1 saturated carbocycles. The Morgan fingerprint density at radius 1 is 1.15 bits per heavy atom. The van der Waals surface area contributed by atoms with Crippen LogP contribution in [0.5, 0.6) is 0 Å². The lowest BCUT2D eigenvalue weighted by molar-refractivity contribution is -0.158. The normalized spacial score (nSPS) is 21.5. The second kappa shape index (κ2) is 9.03. The summed E-state index contributed by atoms with van der Waals surface area (Å²) < 4.78 is 10.6. The molecule has 0 spiro atoms. The summed E-state index contributed by atoms with van der Waals surface area (Å²) in [7, 11) is 0. The predicted molar refractivity (Wildman–Crippen MR) is 99.3 cm³/mol. The third-order valence-corrected chi connectivity index (χ3v) is 4.49. The van der Waals surface area contributed by atoms with Crippen LogP contribution in [0.25, 0.3) is 0 Å². The summed E-state index contributed by atoms with van der Waals surface area (Å²) in [6.45, 7) is 5.75. The fraction of sp³-hybridized carbons (Fsp3) is 0.600. The Bertz CT molecular complexity index is 590. The predicted octanol–water partition coefficient (Wildman–Crippen LogP) is 3.14. The van der Waals surface area contributed by atoms with Crippen molar-refractivity contribution in [3.63, 3.8) is 0 Å². The van der Waals surface area contributed by atoms with Gasteiger partial charge >= 0.3 is 12.1 Å². The van der Waals surface area contributed by atoms with Crippen LogP contribution in [0.15, 0.2) is 30.3 Å². The highest BCUT2D eigenvalue weighted by molar-refractivity contribution is 5.76. The minimum atomic E-state index is -0.611. The van der Waals surface area contributed by atoms with E-state index in [1.165, 1.54) is 0 Å². The molecule has 1 amide bonds. The van der Waals surface area contributed by atoms with Crippen molar-refractivity contribution in [2.24, 2.45) is 11.7 Å². The van der Waals surface area contributed by atoms with Gasteiger partial charge in [-0.05, 0) is 57.9 Å². The maximum atomic E-state index is 12.1. The quantitative estimate of drug-likeness (QED) is 0.785. The fourth-order valence-electron chi connectivity index (χ4n) is 3.12. The van der Waals surface area contributed by atoms with E-state index < -0.39 is 17.7 Å². The Morgan fingerprint density at radius 3 is 2.35 bits per heavy atom. The van der Waals surface area contributed by atoms with E-state index in [1.54, 1.807) is 0 Å². The van der Waals surface area contributed by atoms with E-state index in [0.717, 1.165) is 31.2 Å². The summed E-state index contributed by atoms with van der Waals surface area (Å²) in [5.74, 6) is -0.264. The van der Waals surface area contributed by atoms with E-state index in [9.17, 15) is 9.59 Å². The summed E-state index contributed by atoms with van der Waals surface area (Å²) in [5.41, 5.74) is 6.49. The van der Waals surface area contributed by atoms with Gasteiger partial charge in [-0.15, -0.1) is 0 Å². The second-order valence-electron chi connectivity index (χ2n) is 7.88. The topological polar surface area (TPSA) is 90.6 Å². The van der Waals surface area contributed by atoms with Gasteiger partial charge in [-0.25, -0.2) is 4.79 Å². The molecule has 2 rings (SSSR count). The summed E-state index contributed by atoms with van der Waals surface area (Å²) >= 11 is 0. The van der Waals surface area contributed by atoms with E-state index in [1.807, 2.05) is 51.1 Å². The first-order valence-electron chi connectivity index (χ1n) is 9.20. The smallest absolute Gasteiger partial charge is 0.407 e. The van der Waals surface area contributed by atoms with Gasteiger partial charge in [0.25, 0.3) is 0 Å². The highest BCUT2D eigenvalue weighted by Gasteiger charge is 2.32. The third-order valence-electron chi connectivity index (χ3n) is 4.49. The minimum Gasteiger partial charge on any atom is -0.459 e. The van der Waals surface area contributed by atoms with Gasteiger partial charge in [0.1, 0.15) is 18.2 Å². The number of carbonyl (C=O) groups excluding carboxylic acids is 2. The van der Waals surface area contributed by atoms with Gasteiger partial charge in [0.05, 0.1) is 0 Å². The maximum absolute atomic E-state index is 12.1. The largest absolute Gasteiger partial charge is 0.459 e. The molecular formula is C20H30N2O4. The summed E-state index contributed by atoms with van der Waals surface area (Å²) in [6, 6.07) is 9.01. The monoisotopic (exact) mass is 362 g/mol. The zero-order valence-corrected chi connectivity index (χ0v) is 15.9. The van der Waals surface area contributed by atoms with Gasteiger partial charge in [0.15, 0.2) is 0 Å². The van der Waals surface area contributed by atoms with Crippen molar-refractivity contribution in [2.75, 3.05) is 0 Å². The average molecular weight is 362 g/mol. The summed E-state index contributed by atoms with van der Waals surface area (Å²) in [6.07, 6.45) is 2.71. The number of hydrogen-bond donors (Lipinski definition) is 2. The van der Waals surface area contributed by atoms with Crippen LogP contribution in [0.3, 0.4) is 0 Å². The number of rotatable bonds is 5. The lowest BCUT2D eigenvalue weighted by atomic mass is 9.82. The fourth-order valence-corrected chi connectivity index (χ4v) is 3.12. The first-order valence-corrected chi connectivity index (χ1v) is 9.20. The molecule has 1 aromatic rings. The molecule has 1 atom stereocenters. The number of esters is 1. The minimum absolute atomic E-state index is 0.0559. The molecule has 3 N–H and O–H groups in total. The van der Waals surface area contributed by atoms with Crippen molar-refractivity contribution in [2.45, 2.75) is 70.7 Å². The Labute approximate surface area is 155 Å². The van der Waals surface area contributed by atoms with E-state index in [0.29, 0.717) is 0 Å². The number of benzene rings is 1. The highest BCUT2D eigenvalue weighted by atomic mass is 16.6. The van der Waals surface area contributed by atoms with Crippen LogP contribution in [0, 0.1) is 5.92 Å². The number of ether oxygens (including phenoxy) is 2. The lowest BCUT2D eigenvalue weighted by Crippen LogP contribution is -2.46. The van der Waals surface area contributed by atoms with Crippen LogP contribution in [-0.4, -0.2) is 29.7 Å². The molecule has 1 aliphatic carbocycles. The van der Waals surface area contributed by atoms with E-state index in [-0.39, 0.29) is 24.5 Å². The average Bonchev–Trinajstić information content (AvgIpc) is 2.59. The number of carbonyl (C=O) groups is 2. The van der Waals surface area contributed by atoms with Crippen LogP contribution in [-0.2, 0) is 20.9 Å². The van der Waals surface area contributed by atoms with Gasteiger partial charge in [-0.3, -0.25) is 4.79 Å². The van der Waals surface area contributed by atoms with Gasteiger partial charge in [0, 0.05) is 6.04 Å². The van der Waals surface area contributed by atoms with Gasteiger partial charge in [-0.2, -0.15) is 0 Å². The van der Waals surface area contributed by atoms with Crippen LogP contribution in [0.4, 0.5) is 4.79 Å². The van der Waals surface area contributed by atoms with E-state index in [4.69, 9.17) is 15.2 Å². The standard InChI is InChI=1S/C20H30N2O4/c1-20(2,3)26-18(23)17(21)15-9-11-16(12-10-15)22-19(24)25-13-14-7-5-4-6-8-14/h4-8,15-17H,9-13,21H2,1-3H3,(H,22,24). The van der Waals surface area contributed by atoms with Crippen LogP contribution in [0.1, 0.15) is 52.0 Å². The molecule has 1 unspecified atom stereocenters. The third kappa shape index (κ3) is 6.67. The van der Waals surface area contributed by atoms with Crippen molar-refractivity contribution in [3.8, 4) is 0 Å². The Morgan fingerprint density at radius 2 is 1.77 bits per heavy atom. The van der Waals surface area contributed by atoms with E-state index >= 15 is 0 Å².